The van der Waals surface area contributed by atoms with Crippen molar-refractivity contribution in [1.29, 1.82) is 0 Å². The highest BCUT2D eigenvalue weighted by molar-refractivity contribution is 6.32. The van der Waals surface area contributed by atoms with E-state index in [0.29, 0.717) is 22.0 Å². The van der Waals surface area contributed by atoms with Crippen LogP contribution in [-0.2, 0) is 7.05 Å². The molecule has 0 spiro atoms. The molecule has 3 heterocycles. The summed E-state index contributed by atoms with van der Waals surface area (Å²) < 4.78 is 3.00. The van der Waals surface area contributed by atoms with Crippen LogP contribution in [0, 0.1) is 6.92 Å². The Hall–Kier alpha value is -3.55. The van der Waals surface area contributed by atoms with Crippen LogP contribution in [0.2, 0.25) is 5.02 Å². The number of hydrogen-bond acceptors (Lipinski definition) is 5. The van der Waals surface area contributed by atoms with Crippen LogP contribution < -0.4 is 10.6 Å². The zero-order chi connectivity index (χ0) is 27.2. The summed E-state index contributed by atoms with van der Waals surface area (Å²) in [5.74, 6) is 0.103. The maximum absolute atomic E-state index is 12.4. The van der Waals surface area contributed by atoms with Crippen molar-refractivity contribution in [1.82, 2.24) is 19.0 Å². The van der Waals surface area contributed by atoms with Gasteiger partial charge >= 0.3 is 5.69 Å². The average Bonchev–Trinajstić information content (AvgIpc) is 3.22. The van der Waals surface area contributed by atoms with E-state index in [1.165, 1.54) is 9.13 Å². The van der Waals surface area contributed by atoms with E-state index in [4.69, 9.17) is 16.6 Å². The lowest BCUT2D eigenvalue weighted by atomic mass is 9.99. The Balaban J connectivity index is 1.47. The van der Waals surface area contributed by atoms with Crippen molar-refractivity contribution in [3.63, 3.8) is 0 Å². The second-order valence-electron chi connectivity index (χ2n) is 10.9. The third-order valence-corrected chi connectivity index (χ3v) is 7.60. The molecule has 2 aromatic heterocycles. The van der Waals surface area contributed by atoms with E-state index in [1.54, 1.807) is 31.6 Å². The van der Waals surface area contributed by atoms with Crippen LogP contribution >= 0.6 is 11.6 Å². The van der Waals surface area contributed by atoms with Gasteiger partial charge in [0.15, 0.2) is 0 Å². The average molecular weight is 532 g/mol. The molecule has 0 aliphatic carbocycles. The first kappa shape index (κ1) is 26.1. The van der Waals surface area contributed by atoms with Gasteiger partial charge in [0.1, 0.15) is 11.4 Å². The first-order valence-corrected chi connectivity index (χ1v) is 13.3. The van der Waals surface area contributed by atoms with Gasteiger partial charge in [0.2, 0.25) is 0 Å². The molecule has 0 bridgehead atoms. The van der Waals surface area contributed by atoms with Crippen molar-refractivity contribution in [2.75, 3.05) is 31.1 Å². The summed E-state index contributed by atoms with van der Waals surface area (Å²) in [4.78, 5) is 22.0. The Morgan fingerprint density at radius 2 is 1.68 bits per heavy atom. The van der Waals surface area contributed by atoms with Crippen molar-refractivity contribution in [2.45, 2.75) is 33.2 Å². The molecule has 2 aromatic carbocycles. The van der Waals surface area contributed by atoms with Crippen LogP contribution in [0.3, 0.4) is 0 Å². The summed E-state index contributed by atoms with van der Waals surface area (Å²) in [6.07, 6.45) is 3.38. The molecule has 1 fully saturated rings. The number of halogens is 1. The molecule has 8 heteroatoms. The molecule has 0 radical (unpaired) electrons. The predicted molar refractivity (Wildman–Crippen MR) is 155 cm³/mol. The lowest BCUT2D eigenvalue weighted by Crippen LogP contribution is -2.53. The van der Waals surface area contributed by atoms with Crippen molar-refractivity contribution in [3.05, 3.63) is 82.1 Å². The SMILES string of the molecule is Cc1cc(-c2ccc(-n3ccn(C)c3=O)c(Cl)c2)c(O)c(-c2cccc(N3CCN(C(C)(C)C)CC3)c2)n1. The van der Waals surface area contributed by atoms with E-state index in [9.17, 15) is 9.90 Å². The summed E-state index contributed by atoms with van der Waals surface area (Å²) in [6, 6.07) is 15.5. The number of aryl methyl sites for hydroxylation is 2. The fraction of sp³-hybridized carbons (Fsp3) is 0.333. The fourth-order valence-corrected chi connectivity index (χ4v) is 5.36. The maximum Gasteiger partial charge on any atom is 0.332 e. The highest BCUT2D eigenvalue weighted by Gasteiger charge is 2.26. The molecule has 1 aliphatic rings. The van der Waals surface area contributed by atoms with Gasteiger partial charge in [-0.15, -0.1) is 0 Å². The first-order valence-electron chi connectivity index (χ1n) is 12.9. The normalized spacial score (nSPS) is 14.7. The topological polar surface area (TPSA) is 66.5 Å². The van der Waals surface area contributed by atoms with E-state index in [0.717, 1.165) is 48.7 Å². The largest absolute Gasteiger partial charge is 0.505 e. The van der Waals surface area contributed by atoms with Gasteiger partial charge in [-0.2, -0.15) is 0 Å². The number of aromatic nitrogens is 3. The Bertz CT molecular complexity index is 1540. The number of rotatable bonds is 4. The maximum atomic E-state index is 12.4. The molecule has 0 saturated carbocycles. The third-order valence-electron chi connectivity index (χ3n) is 7.30. The molecule has 0 unspecified atom stereocenters. The van der Waals surface area contributed by atoms with Crippen LogP contribution in [-0.4, -0.2) is 55.8 Å². The Morgan fingerprint density at radius 1 is 0.947 bits per heavy atom. The molecule has 4 aromatic rings. The van der Waals surface area contributed by atoms with Gasteiger partial charge < -0.3 is 14.6 Å². The Labute approximate surface area is 228 Å². The summed E-state index contributed by atoms with van der Waals surface area (Å²) >= 11 is 6.61. The molecule has 1 saturated heterocycles. The highest BCUT2D eigenvalue weighted by Crippen LogP contribution is 2.40. The molecule has 0 amide bonds. The van der Waals surface area contributed by atoms with Gasteiger partial charge in [0.25, 0.3) is 0 Å². The quantitative estimate of drug-likeness (QED) is 0.377. The summed E-state index contributed by atoms with van der Waals surface area (Å²) in [6.45, 7) is 12.6. The fourth-order valence-electron chi connectivity index (χ4n) is 5.09. The number of hydrogen-bond donors (Lipinski definition) is 1. The minimum absolute atomic E-state index is 0.103. The monoisotopic (exact) mass is 531 g/mol. The molecule has 5 rings (SSSR count). The number of aromatic hydroxyl groups is 1. The minimum atomic E-state index is -0.177. The van der Waals surface area contributed by atoms with E-state index in [-0.39, 0.29) is 17.0 Å². The van der Waals surface area contributed by atoms with E-state index in [1.807, 2.05) is 31.2 Å². The molecule has 7 nitrogen and oxygen atoms in total. The van der Waals surface area contributed by atoms with E-state index < -0.39 is 0 Å². The zero-order valence-corrected chi connectivity index (χ0v) is 23.3. The van der Waals surface area contributed by atoms with Crippen LogP contribution in [0.1, 0.15) is 26.5 Å². The first-order chi connectivity index (χ1) is 18.0. The molecule has 1 aliphatic heterocycles. The van der Waals surface area contributed by atoms with Gasteiger partial charge in [-0.25, -0.2) is 9.78 Å². The Kier molecular flexibility index (Phi) is 6.84. The number of benzene rings is 2. The van der Waals surface area contributed by atoms with Crippen LogP contribution in [0.4, 0.5) is 5.69 Å². The van der Waals surface area contributed by atoms with Crippen LogP contribution in [0.25, 0.3) is 28.1 Å². The molecule has 0 atom stereocenters. The van der Waals surface area contributed by atoms with Gasteiger partial charge in [-0.1, -0.05) is 29.8 Å². The molecule has 1 N–H and O–H groups in total. The van der Waals surface area contributed by atoms with Crippen molar-refractivity contribution in [2.24, 2.45) is 7.05 Å². The molecule has 198 valence electrons. The lowest BCUT2D eigenvalue weighted by molar-refractivity contribution is 0.128. The standard InChI is InChI=1S/C30H34ClN5O2/c1-20-17-24(21-9-10-26(25(31)19-21)36-16-11-33(5)29(36)38)28(37)27(32-20)22-7-6-8-23(18-22)34-12-14-35(15-13-34)30(2,3)4/h6-11,16-19,37H,12-15H2,1-5H3. The lowest BCUT2D eigenvalue weighted by Gasteiger charge is -2.43. The van der Waals surface area contributed by atoms with Crippen molar-refractivity contribution < 1.29 is 5.11 Å². The molecular formula is C30H34ClN5O2. The highest BCUT2D eigenvalue weighted by atomic mass is 35.5. The number of piperazine rings is 1. The smallest absolute Gasteiger partial charge is 0.332 e. The molecule has 38 heavy (non-hydrogen) atoms. The zero-order valence-electron chi connectivity index (χ0n) is 22.6. The predicted octanol–water partition coefficient (Wildman–Crippen LogP) is 5.49. The molecular weight excluding hydrogens is 498 g/mol. The van der Waals surface area contributed by atoms with Crippen LogP contribution in [0.5, 0.6) is 5.75 Å². The second-order valence-corrected chi connectivity index (χ2v) is 11.3. The van der Waals surface area contributed by atoms with E-state index >= 15 is 0 Å². The number of pyridine rings is 1. The Morgan fingerprint density at radius 3 is 2.32 bits per heavy atom. The minimum Gasteiger partial charge on any atom is -0.505 e. The summed E-state index contributed by atoms with van der Waals surface area (Å²) in [5.41, 5.74) is 5.29. The van der Waals surface area contributed by atoms with E-state index in [2.05, 4.69) is 42.7 Å². The number of imidazole rings is 1. The van der Waals surface area contributed by atoms with Gasteiger partial charge in [-0.05, 0) is 63.6 Å². The second kappa shape index (κ2) is 9.97. The number of anilines is 1. The van der Waals surface area contributed by atoms with Crippen molar-refractivity contribution in [3.8, 4) is 33.8 Å². The van der Waals surface area contributed by atoms with Gasteiger partial charge in [0, 0.05) is 73.7 Å². The van der Waals surface area contributed by atoms with Crippen LogP contribution in [0.15, 0.2) is 65.7 Å². The summed E-state index contributed by atoms with van der Waals surface area (Å²) in [7, 11) is 1.70. The van der Waals surface area contributed by atoms with Gasteiger partial charge in [0.05, 0.1) is 10.7 Å². The van der Waals surface area contributed by atoms with Gasteiger partial charge in [-0.3, -0.25) is 9.47 Å². The van der Waals surface area contributed by atoms with Crippen molar-refractivity contribution >= 4 is 17.3 Å². The summed E-state index contributed by atoms with van der Waals surface area (Å²) in [5, 5.41) is 11.8. The third kappa shape index (κ3) is 4.96. The number of nitrogens with zero attached hydrogens (tertiary/aromatic N) is 5.